The lowest BCUT2D eigenvalue weighted by molar-refractivity contribution is -0.139. The average Bonchev–Trinajstić information content (AvgIpc) is 2.60. The number of hydrogen-bond acceptors (Lipinski definition) is 2. The quantitative estimate of drug-likeness (QED) is 0.776. The van der Waals surface area contributed by atoms with E-state index in [9.17, 15) is 0 Å². The van der Waals surface area contributed by atoms with Gasteiger partial charge in [0.05, 0.1) is 12.7 Å². The molecule has 0 aliphatic carbocycles. The van der Waals surface area contributed by atoms with Crippen LogP contribution in [0, 0.1) is 0 Å². The number of aryl methyl sites for hydroxylation is 1. The summed E-state index contributed by atoms with van der Waals surface area (Å²) in [6, 6.07) is 10.6. The molecule has 1 aromatic rings. The van der Waals surface area contributed by atoms with Crippen molar-refractivity contribution in [1.29, 1.82) is 0 Å². The van der Waals surface area contributed by atoms with Gasteiger partial charge < -0.3 is 9.47 Å². The molecule has 1 atom stereocenters. The highest BCUT2D eigenvalue weighted by Crippen LogP contribution is 2.25. The van der Waals surface area contributed by atoms with Gasteiger partial charge in [0.2, 0.25) is 0 Å². The van der Waals surface area contributed by atoms with Gasteiger partial charge in [-0.2, -0.15) is 0 Å². The molecule has 2 rings (SSSR count). The zero-order valence-corrected chi connectivity index (χ0v) is 10.1. The zero-order chi connectivity index (χ0) is 11.4. The summed E-state index contributed by atoms with van der Waals surface area (Å²) in [5, 5.41) is 0. The van der Waals surface area contributed by atoms with Gasteiger partial charge in [0, 0.05) is 0 Å². The maximum absolute atomic E-state index is 5.76. The van der Waals surface area contributed by atoms with E-state index >= 15 is 0 Å². The molecule has 0 spiro atoms. The third-order valence-corrected chi connectivity index (χ3v) is 2.90. The van der Waals surface area contributed by atoms with Gasteiger partial charge in [-0.05, 0) is 38.7 Å². The Kier molecular flexibility index (Phi) is 3.62. The topological polar surface area (TPSA) is 18.5 Å². The Bertz CT molecular complexity index is 319. The molecule has 2 nitrogen and oxygen atoms in total. The third kappa shape index (κ3) is 3.32. The van der Waals surface area contributed by atoms with E-state index in [-0.39, 0.29) is 11.9 Å². The van der Waals surface area contributed by atoms with E-state index < -0.39 is 0 Å². The van der Waals surface area contributed by atoms with Crippen LogP contribution in [0.1, 0.15) is 32.3 Å². The highest BCUT2D eigenvalue weighted by molar-refractivity contribution is 5.14. The first-order valence-electron chi connectivity index (χ1n) is 6.01. The fourth-order valence-corrected chi connectivity index (χ4v) is 2.08. The molecule has 0 N–H and O–H groups in total. The molecule has 1 aromatic carbocycles. The SMILES string of the molecule is CC1(C)OCC(CCCc2ccccc2)O1. The molecule has 16 heavy (non-hydrogen) atoms. The minimum Gasteiger partial charge on any atom is -0.348 e. The van der Waals surface area contributed by atoms with Gasteiger partial charge in [-0.15, -0.1) is 0 Å². The minimum atomic E-state index is -0.378. The molecule has 1 saturated heterocycles. The molecule has 0 saturated carbocycles. The fraction of sp³-hybridized carbons (Fsp3) is 0.571. The molecule has 0 aromatic heterocycles. The molecule has 1 aliphatic heterocycles. The standard InChI is InChI=1S/C14H20O2/c1-14(2)15-11-13(16-14)10-6-9-12-7-4-3-5-8-12/h3-5,7-8,13H,6,9-11H2,1-2H3. The Balaban J connectivity index is 1.70. The van der Waals surface area contributed by atoms with E-state index in [1.165, 1.54) is 5.56 Å². The summed E-state index contributed by atoms with van der Waals surface area (Å²) in [6.45, 7) is 4.69. The van der Waals surface area contributed by atoms with Crippen LogP contribution in [0.3, 0.4) is 0 Å². The van der Waals surface area contributed by atoms with Crippen LogP contribution < -0.4 is 0 Å². The molecule has 1 fully saturated rings. The van der Waals surface area contributed by atoms with E-state index in [0.717, 1.165) is 25.9 Å². The second-order valence-corrected chi connectivity index (χ2v) is 4.83. The lowest BCUT2D eigenvalue weighted by Crippen LogP contribution is -2.21. The number of rotatable bonds is 4. The maximum Gasteiger partial charge on any atom is 0.163 e. The fourth-order valence-electron chi connectivity index (χ4n) is 2.08. The van der Waals surface area contributed by atoms with Crippen LogP contribution in [0.2, 0.25) is 0 Å². The Hall–Kier alpha value is -0.860. The lowest BCUT2D eigenvalue weighted by atomic mass is 10.1. The van der Waals surface area contributed by atoms with Crippen LogP contribution >= 0.6 is 0 Å². The van der Waals surface area contributed by atoms with Crippen LogP contribution in [-0.4, -0.2) is 18.5 Å². The first-order valence-corrected chi connectivity index (χ1v) is 6.01. The monoisotopic (exact) mass is 220 g/mol. The van der Waals surface area contributed by atoms with Gasteiger partial charge >= 0.3 is 0 Å². The van der Waals surface area contributed by atoms with Crippen molar-refractivity contribution in [3.05, 3.63) is 35.9 Å². The van der Waals surface area contributed by atoms with Crippen LogP contribution in [0.5, 0.6) is 0 Å². The summed E-state index contributed by atoms with van der Waals surface area (Å²) < 4.78 is 11.3. The highest BCUT2D eigenvalue weighted by Gasteiger charge is 2.31. The molecule has 2 heteroatoms. The Morgan fingerprint density at radius 3 is 2.62 bits per heavy atom. The summed E-state index contributed by atoms with van der Waals surface area (Å²) in [7, 11) is 0. The first kappa shape index (κ1) is 11.6. The van der Waals surface area contributed by atoms with E-state index in [2.05, 4.69) is 30.3 Å². The molecule has 0 amide bonds. The molecular weight excluding hydrogens is 200 g/mol. The summed E-state index contributed by atoms with van der Waals surface area (Å²) in [5.41, 5.74) is 1.40. The van der Waals surface area contributed by atoms with Crippen LogP contribution in [-0.2, 0) is 15.9 Å². The summed E-state index contributed by atoms with van der Waals surface area (Å²) in [6.07, 6.45) is 3.65. The maximum atomic E-state index is 5.76. The predicted octanol–water partition coefficient (Wildman–Crippen LogP) is 3.16. The zero-order valence-electron chi connectivity index (χ0n) is 10.1. The number of hydrogen-bond donors (Lipinski definition) is 0. The van der Waals surface area contributed by atoms with E-state index in [1.54, 1.807) is 0 Å². The van der Waals surface area contributed by atoms with Gasteiger partial charge in [-0.25, -0.2) is 0 Å². The van der Waals surface area contributed by atoms with Crippen molar-refractivity contribution in [2.24, 2.45) is 0 Å². The van der Waals surface area contributed by atoms with Gasteiger partial charge in [0.1, 0.15) is 0 Å². The average molecular weight is 220 g/mol. The summed E-state index contributed by atoms with van der Waals surface area (Å²) in [4.78, 5) is 0. The van der Waals surface area contributed by atoms with Gasteiger partial charge in [0.15, 0.2) is 5.79 Å². The Morgan fingerprint density at radius 2 is 2.00 bits per heavy atom. The van der Waals surface area contributed by atoms with E-state index in [1.807, 2.05) is 13.8 Å². The molecular formula is C14H20O2. The van der Waals surface area contributed by atoms with Crippen molar-refractivity contribution >= 4 is 0 Å². The number of benzene rings is 1. The minimum absolute atomic E-state index is 0.277. The molecule has 0 bridgehead atoms. The normalized spacial score (nSPS) is 23.5. The Labute approximate surface area is 97.6 Å². The predicted molar refractivity (Wildman–Crippen MR) is 64.3 cm³/mol. The van der Waals surface area contributed by atoms with Gasteiger partial charge in [-0.3, -0.25) is 0 Å². The van der Waals surface area contributed by atoms with Gasteiger partial charge in [0.25, 0.3) is 0 Å². The van der Waals surface area contributed by atoms with Crippen molar-refractivity contribution in [2.75, 3.05) is 6.61 Å². The van der Waals surface area contributed by atoms with Crippen molar-refractivity contribution in [2.45, 2.75) is 45.0 Å². The highest BCUT2D eigenvalue weighted by atomic mass is 16.7. The van der Waals surface area contributed by atoms with E-state index in [4.69, 9.17) is 9.47 Å². The molecule has 1 heterocycles. The van der Waals surface area contributed by atoms with E-state index in [0.29, 0.717) is 0 Å². The van der Waals surface area contributed by atoms with Crippen LogP contribution in [0.15, 0.2) is 30.3 Å². The first-order chi connectivity index (χ1) is 7.66. The molecule has 1 unspecified atom stereocenters. The van der Waals surface area contributed by atoms with Crippen molar-refractivity contribution in [1.82, 2.24) is 0 Å². The molecule has 88 valence electrons. The molecule has 1 aliphatic rings. The summed E-state index contributed by atoms with van der Waals surface area (Å²) >= 11 is 0. The lowest BCUT2D eigenvalue weighted by Gasteiger charge is -2.16. The second kappa shape index (κ2) is 4.98. The van der Waals surface area contributed by atoms with Crippen LogP contribution in [0.25, 0.3) is 0 Å². The largest absolute Gasteiger partial charge is 0.348 e. The smallest absolute Gasteiger partial charge is 0.163 e. The van der Waals surface area contributed by atoms with Crippen molar-refractivity contribution in [3.63, 3.8) is 0 Å². The second-order valence-electron chi connectivity index (χ2n) is 4.83. The van der Waals surface area contributed by atoms with Crippen LogP contribution in [0.4, 0.5) is 0 Å². The summed E-state index contributed by atoms with van der Waals surface area (Å²) in [5.74, 6) is -0.378. The number of ether oxygens (including phenoxy) is 2. The van der Waals surface area contributed by atoms with Crippen molar-refractivity contribution < 1.29 is 9.47 Å². The third-order valence-electron chi connectivity index (χ3n) is 2.90. The van der Waals surface area contributed by atoms with Gasteiger partial charge in [-0.1, -0.05) is 30.3 Å². The Morgan fingerprint density at radius 1 is 1.25 bits per heavy atom. The van der Waals surface area contributed by atoms with Crippen molar-refractivity contribution in [3.8, 4) is 0 Å². The molecule has 0 radical (unpaired) electrons.